The zero-order chi connectivity index (χ0) is 17.4. The van der Waals surface area contributed by atoms with Crippen molar-refractivity contribution in [3.05, 3.63) is 48.3 Å². The molecule has 8 heteroatoms. The van der Waals surface area contributed by atoms with Gasteiger partial charge in [-0.25, -0.2) is 9.67 Å². The molecule has 2 aromatic rings. The van der Waals surface area contributed by atoms with Crippen LogP contribution in [0.25, 0.3) is 5.69 Å². The minimum atomic E-state index is -4.18. The van der Waals surface area contributed by atoms with E-state index in [1.807, 2.05) is 43.5 Å². The first kappa shape index (κ1) is 17.8. The predicted molar refractivity (Wildman–Crippen MR) is 87.1 cm³/mol. The van der Waals surface area contributed by atoms with Gasteiger partial charge in [0.15, 0.2) is 5.96 Å². The summed E-state index contributed by atoms with van der Waals surface area (Å²) < 4.78 is 38.3. The number of alkyl halides is 3. The largest absolute Gasteiger partial charge is 0.390 e. The number of nitrogens with one attached hydrogen (secondary N) is 2. The van der Waals surface area contributed by atoms with Crippen LogP contribution in [0.4, 0.5) is 13.2 Å². The number of benzene rings is 1. The van der Waals surface area contributed by atoms with Crippen molar-refractivity contribution in [1.82, 2.24) is 20.4 Å². The van der Waals surface area contributed by atoms with Crippen LogP contribution in [0.1, 0.15) is 18.9 Å². The Hall–Kier alpha value is -2.51. The lowest BCUT2D eigenvalue weighted by Crippen LogP contribution is -2.38. The summed E-state index contributed by atoms with van der Waals surface area (Å²) >= 11 is 0. The van der Waals surface area contributed by atoms with Crippen molar-refractivity contribution in [3.8, 4) is 5.69 Å². The molecule has 2 N–H and O–H groups in total. The second-order valence-electron chi connectivity index (χ2n) is 5.12. The predicted octanol–water partition coefficient (Wildman–Crippen LogP) is 2.88. The fourth-order valence-corrected chi connectivity index (χ4v) is 2.00. The molecule has 0 unspecified atom stereocenters. The van der Waals surface area contributed by atoms with E-state index in [9.17, 15) is 13.2 Å². The number of guanidine groups is 1. The molecular formula is C16H20F3N5. The average Bonchev–Trinajstić information content (AvgIpc) is 3.01. The minimum Gasteiger partial charge on any atom is -0.357 e. The lowest BCUT2D eigenvalue weighted by molar-refractivity contribution is -0.132. The normalized spacial score (nSPS) is 12.2. The molecule has 0 amide bonds. The Morgan fingerprint density at radius 3 is 2.62 bits per heavy atom. The molecule has 0 aliphatic carbocycles. The van der Waals surface area contributed by atoms with Gasteiger partial charge in [-0.1, -0.05) is 18.2 Å². The molecule has 130 valence electrons. The number of halogens is 3. The quantitative estimate of drug-likeness (QED) is 0.628. The minimum absolute atomic E-state index is 0.210. The van der Waals surface area contributed by atoms with Crippen LogP contribution in [0.3, 0.4) is 0 Å². The molecule has 0 radical (unpaired) electrons. The highest BCUT2D eigenvalue weighted by atomic mass is 19.4. The van der Waals surface area contributed by atoms with Crippen LogP contribution in [-0.4, -0.2) is 35.0 Å². The molecule has 0 spiro atoms. The van der Waals surface area contributed by atoms with E-state index >= 15 is 0 Å². The molecule has 1 aromatic heterocycles. The van der Waals surface area contributed by atoms with Gasteiger partial charge in [0.05, 0.1) is 24.8 Å². The Balaban J connectivity index is 1.95. The molecule has 0 saturated carbocycles. The highest BCUT2D eigenvalue weighted by Crippen LogP contribution is 2.18. The number of para-hydroxylation sites is 1. The highest BCUT2D eigenvalue weighted by molar-refractivity contribution is 5.79. The van der Waals surface area contributed by atoms with Crippen molar-refractivity contribution >= 4 is 5.96 Å². The van der Waals surface area contributed by atoms with Crippen molar-refractivity contribution < 1.29 is 13.2 Å². The van der Waals surface area contributed by atoms with E-state index in [2.05, 4.69) is 20.7 Å². The van der Waals surface area contributed by atoms with Gasteiger partial charge in [0.25, 0.3) is 0 Å². The smallest absolute Gasteiger partial charge is 0.357 e. The Morgan fingerprint density at radius 2 is 1.96 bits per heavy atom. The highest BCUT2D eigenvalue weighted by Gasteiger charge is 2.26. The first-order chi connectivity index (χ1) is 11.5. The monoisotopic (exact) mass is 339 g/mol. The van der Waals surface area contributed by atoms with Crippen LogP contribution in [0, 0.1) is 0 Å². The van der Waals surface area contributed by atoms with Crippen LogP contribution in [0.5, 0.6) is 0 Å². The first-order valence-corrected chi connectivity index (χ1v) is 7.66. The van der Waals surface area contributed by atoms with Gasteiger partial charge in [-0.05, 0) is 19.1 Å². The van der Waals surface area contributed by atoms with Crippen molar-refractivity contribution in [3.63, 3.8) is 0 Å². The van der Waals surface area contributed by atoms with E-state index in [4.69, 9.17) is 0 Å². The van der Waals surface area contributed by atoms with Gasteiger partial charge < -0.3 is 10.6 Å². The van der Waals surface area contributed by atoms with Crippen molar-refractivity contribution in [1.29, 1.82) is 0 Å². The Morgan fingerprint density at radius 1 is 1.21 bits per heavy atom. The summed E-state index contributed by atoms with van der Waals surface area (Å²) in [6, 6.07) is 9.63. The maximum atomic E-state index is 12.2. The summed E-state index contributed by atoms with van der Waals surface area (Å²) in [4.78, 5) is 4.28. The molecule has 1 aromatic carbocycles. The summed E-state index contributed by atoms with van der Waals surface area (Å²) in [5, 5.41) is 9.86. The number of rotatable bonds is 6. The van der Waals surface area contributed by atoms with Gasteiger partial charge >= 0.3 is 6.18 Å². The zero-order valence-electron chi connectivity index (χ0n) is 13.3. The Kier molecular flexibility index (Phi) is 6.22. The summed E-state index contributed by atoms with van der Waals surface area (Å²) in [6.07, 6.45) is -1.54. The molecule has 0 aliphatic heterocycles. The van der Waals surface area contributed by atoms with Gasteiger partial charge in [-0.3, -0.25) is 0 Å². The maximum absolute atomic E-state index is 12.2. The standard InChI is InChI=1S/C16H20F3N5/c1-2-20-15(21-9-8-16(17,18)19)22-10-13-11-23-24(12-13)14-6-4-3-5-7-14/h3-7,11-12H,2,8-10H2,1H3,(H2,20,21,22). The molecule has 0 saturated heterocycles. The molecule has 0 bridgehead atoms. The van der Waals surface area contributed by atoms with E-state index in [0.29, 0.717) is 19.0 Å². The SMILES string of the molecule is CCNC(=NCc1cnn(-c2ccccc2)c1)NCCC(F)(F)F. The van der Waals surface area contributed by atoms with Crippen molar-refractivity contribution in [2.45, 2.75) is 26.1 Å². The van der Waals surface area contributed by atoms with E-state index in [1.54, 1.807) is 10.9 Å². The number of hydrogen-bond donors (Lipinski definition) is 2. The molecule has 24 heavy (non-hydrogen) atoms. The number of nitrogens with zero attached hydrogens (tertiary/aromatic N) is 3. The topological polar surface area (TPSA) is 54.2 Å². The van der Waals surface area contributed by atoms with Gasteiger partial charge in [0.1, 0.15) is 0 Å². The molecule has 0 atom stereocenters. The second-order valence-corrected chi connectivity index (χ2v) is 5.12. The Labute approximate surface area is 138 Å². The number of aromatic nitrogens is 2. The third-order valence-corrected chi connectivity index (χ3v) is 3.12. The van der Waals surface area contributed by atoms with Crippen LogP contribution < -0.4 is 10.6 Å². The van der Waals surface area contributed by atoms with E-state index in [-0.39, 0.29) is 6.54 Å². The molecule has 0 aliphatic rings. The van der Waals surface area contributed by atoms with E-state index < -0.39 is 12.6 Å². The lowest BCUT2D eigenvalue weighted by atomic mass is 10.3. The van der Waals surface area contributed by atoms with Crippen LogP contribution in [-0.2, 0) is 6.54 Å². The molecular weight excluding hydrogens is 319 g/mol. The Bertz CT molecular complexity index is 649. The molecule has 1 heterocycles. The third-order valence-electron chi connectivity index (χ3n) is 3.12. The number of aliphatic imine (C=N–C) groups is 1. The van der Waals surface area contributed by atoms with Gasteiger partial charge in [-0.15, -0.1) is 0 Å². The fourth-order valence-electron chi connectivity index (χ4n) is 2.00. The zero-order valence-corrected chi connectivity index (χ0v) is 13.3. The van der Waals surface area contributed by atoms with Crippen molar-refractivity contribution in [2.24, 2.45) is 4.99 Å². The summed E-state index contributed by atoms with van der Waals surface area (Å²) in [5.41, 5.74) is 1.80. The van der Waals surface area contributed by atoms with E-state index in [0.717, 1.165) is 11.3 Å². The molecule has 2 rings (SSSR count). The summed E-state index contributed by atoms with van der Waals surface area (Å²) in [7, 11) is 0. The third kappa shape index (κ3) is 5.94. The van der Waals surface area contributed by atoms with Crippen LogP contribution in [0.15, 0.2) is 47.7 Å². The van der Waals surface area contributed by atoms with Gasteiger partial charge in [-0.2, -0.15) is 18.3 Å². The first-order valence-electron chi connectivity index (χ1n) is 7.66. The molecule has 5 nitrogen and oxygen atoms in total. The van der Waals surface area contributed by atoms with Crippen LogP contribution >= 0.6 is 0 Å². The maximum Gasteiger partial charge on any atom is 0.390 e. The number of hydrogen-bond acceptors (Lipinski definition) is 2. The second kappa shape index (κ2) is 8.37. The van der Waals surface area contributed by atoms with Crippen LogP contribution in [0.2, 0.25) is 0 Å². The summed E-state index contributed by atoms with van der Waals surface area (Å²) in [5.74, 6) is 0.356. The fraction of sp³-hybridized carbons (Fsp3) is 0.375. The van der Waals surface area contributed by atoms with Gasteiger partial charge in [0.2, 0.25) is 0 Å². The van der Waals surface area contributed by atoms with Gasteiger partial charge in [0, 0.05) is 24.8 Å². The lowest BCUT2D eigenvalue weighted by Gasteiger charge is -2.12. The van der Waals surface area contributed by atoms with Crippen molar-refractivity contribution in [2.75, 3.05) is 13.1 Å². The summed E-state index contributed by atoms with van der Waals surface area (Å²) in [6.45, 7) is 2.54. The van der Waals surface area contributed by atoms with E-state index in [1.165, 1.54) is 0 Å². The molecule has 0 fully saturated rings. The average molecular weight is 339 g/mol.